The molecule has 0 aliphatic carbocycles. The molecule has 6 heteroatoms. The smallest absolute Gasteiger partial charge is 0.137 e. The molecule has 2 heterocycles. The van der Waals surface area contributed by atoms with Crippen LogP contribution < -0.4 is 10.2 Å². The third-order valence-electron chi connectivity index (χ3n) is 2.90. The summed E-state index contributed by atoms with van der Waals surface area (Å²) in [7, 11) is 3.94. The highest BCUT2D eigenvalue weighted by atomic mass is 32.1. The normalized spacial score (nSPS) is 10.5. The first-order chi connectivity index (χ1) is 9.26. The van der Waals surface area contributed by atoms with E-state index >= 15 is 0 Å². The summed E-state index contributed by atoms with van der Waals surface area (Å²) in [6.45, 7) is 2.93. The van der Waals surface area contributed by atoms with E-state index in [1.54, 1.807) is 17.7 Å². The van der Waals surface area contributed by atoms with Crippen LogP contribution >= 0.6 is 11.3 Å². The Morgan fingerprint density at radius 1 is 1.32 bits per heavy atom. The molecule has 0 radical (unpaired) electrons. The van der Waals surface area contributed by atoms with E-state index in [1.165, 1.54) is 5.56 Å². The van der Waals surface area contributed by atoms with Crippen molar-refractivity contribution >= 4 is 23.0 Å². The van der Waals surface area contributed by atoms with Gasteiger partial charge in [-0.2, -0.15) is 0 Å². The Morgan fingerprint density at radius 2 is 2.16 bits per heavy atom. The standard InChI is InChI=1S/C13H19N5S/c1-4-5-11-12(14-2)15-8-16-13(11)18(3)6-10-7-19-9-17-10/h7-9H,4-6H2,1-3H3,(H,14,15,16). The van der Waals surface area contributed by atoms with Crippen molar-refractivity contribution in [2.75, 3.05) is 24.3 Å². The van der Waals surface area contributed by atoms with Crippen LogP contribution in [0.2, 0.25) is 0 Å². The summed E-state index contributed by atoms with van der Waals surface area (Å²) >= 11 is 1.62. The lowest BCUT2D eigenvalue weighted by molar-refractivity contribution is 0.833. The predicted molar refractivity (Wildman–Crippen MR) is 79.8 cm³/mol. The zero-order valence-corrected chi connectivity index (χ0v) is 12.4. The lowest BCUT2D eigenvalue weighted by Crippen LogP contribution is -2.20. The molecule has 0 aromatic carbocycles. The Bertz CT molecular complexity index is 512. The van der Waals surface area contributed by atoms with Gasteiger partial charge in [-0.1, -0.05) is 13.3 Å². The molecule has 0 aliphatic heterocycles. The molecule has 0 amide bonds. The summed E-state index contributed by atoms with van der Waals surface area (Å²) in [4.78, 5) is 15.2. The molecule has 0 aliphatic rings. The first-order valence-electron chi connectivity index (χ1n) is 6.36. The van der Waals surface area contributed by atoms with E-state index in [0.717, 1.165) is 36.7 Å². The van der Waals surface area contributed by atoms with Crippen molar-refractivity contribution in [2.45, 2.75) is 26.3 Å². The maximum Gasteiger partial charge on any atom is 0.137 e. The third-order valence-corrected chi connectivity index (χ3v) is 3.54. The fraction of sp³-hybridized carbons (Fsp3) is 0.462. The van der Waals surface area contributed by atoms with Crippen molar-refractivity contribution in [1.29, 1.82) is 0 Å². The molecular formula is C13H19N5S. The zero-order valence-electron chi connectivity index (χ0n) is 11.6. The average Bonchev–Trinajstić information content (AvgIpc) is 2.92. The van der Waals surface area contributed by atoms with Gasteiger partial charge < -0.3 is 10.2 Å². The summed E-state index contributed by atoms with van der Waals surface area (Å²) in [5.74, 6) is 1.89. The van der Waals surface area contributed by atoms with Crippen LogP contribution in [0.25, 0.3) is 0 Å². The first-order valence-corrected chi connectivity index (χ1v) is 7.30. The van der Waals surface area contributed by atoms with Crippen LogP contribution in [0.1, 0.15) is 24.6 Å². The minimum atomic E-state index is 0.764. The van der Waals surface area contributed by atoms with Crippen LogP contribution in [0.15, 0.2) is 17.2 Å². The number of nitrogens with zero attached hydrogens (tertiary/aromatic N) is 4. The maximum absolute atomic E-state index is 4.44. The van der Waals surface area contributed by atoms with Crippen molar-refractivity contribution in [3.05, 3.63) is 28.5 Å². The van der Waals surface area contributed by atoms with Crippen molar-refractivity contribution in [3.63, 3.8) is 0 Å². The van der Waals surface area contributed by atoms with Gasteiger partial charge in [0.25, 0.3) is 0 Å². The number of anilines is 2. The molecule has 2 rings (SSSR count). The summed E-state index contributed by atoms with van der Waals surface area (Å²) < 4.78 is 0. The molecule has 0 fully saturated rings. The average molecular weight is 277 g/mol. The van der Waals surface area contributed by atoms with Gasteiger partial charge in [0.15, 0.2) is 0 Å². The summed E-state index contributed by atoms with van der Waals surface area (Å²) in [5.41, 5.74) is 4.10. The molecular weight excluding hydrogens is 258 g/mol. The molecule has 19 heavy (non-hydrogen) atoms. The highest BCUT2D eigenvalue weighted by Gasteiger charge is 2.14. The molecule has 0 unspecified atom stereocenters. The van der Waals surface area contributed by atoms with Gasteiger partial charge in [0.05, 0.1) is 17.7 Å². The number of rotatable bonds is 6. The van der Waals surface area contributed by atoms with Gasteiger partial charge in [0.1, 0.15) is 18.0 Å². The van der Waals surface area contributed by atoms with Crippen LogP contribution in [-0.4, -0.2) is 29.0 Å². The Morgan fingerprint density at radius 3 is 2.79 bits per heavy atom. The SMILES string of the molecule is CCCc1c(NC)ncnc1N(C)Cc1cscn1. The maximum atomic E-state index is 4.44. The lowest BCUT2D eigenvalue weighted by atomic mass is 10.1. The van der Waals surface area contributed by atoms with E-state index in [9.17, 15) is 0 Å². The van der Waals surface area contributed by atoms with Gasteiger partial charge in [0.2, 0.25) is 0 Å². The first kappa shape index (κ1) is 13.7. The molecule has 0 bridgehead atoms. The fourth-order valence-electron chi connectivity index (χ4n) is 2.06. The molecule has 1 N–H and O–H groups in total. The largest absolute Gasteiger partial charge is 0.373 e. The highest BCUT2D eigenvalue weighted by molar-refractivity contribution is 7.07. The van der Waals surface area contributed by atoms with Crippen LogP contribution in [0.4, 0.5) is 11.6 Å². The second-order valence-electron chi connectivity index (χ2n) is 4.36. The number of hydrogen-bond donors (Lipinski definition) is 1. The van der Waals surface area contributed by atoms with Gasteiger partial charge in [-0.15, -0.1) is 11.3 Å². The Hall–Kier alpha value is -1.69. The quantitative estimate of drug-likeness (QED) is 0.879. The highest BCUT2D eigenvalue weighted by Crippen LogP contribution is 2.24. The topological polar surface area (TPSA) is 53.9 Å². The molecule has 0 spiro atoms. The van der Waals surface area contributed by atoms with Gasteiger partial charge in [-0.05, 0) is 6.42 Å². The van der Waals surface area contributed by atoms with E-state index < -0.39 is 0 Å². The number of hydrogen-bond acceptors (Lipinski definition) is 6. The van der Waals surface area contributed by atoms with Crippen molar-refractivity contribution in [2.24, 2.45) is 0 Å². The summed E-state index contributed by atoms with van der Waals surface area (Å²) in [5, 5.41) is 5.21. The Balaban J connectivity index is 2.27. The van der Waals surface area contributed by atoms with Crippen LogP contribution in [0.3, 0.4) is 0 Å². The summed E-state index contributed by atoms with van der Waals surface area (Å²) in [6.07, 6.45) is 3.64. The predicted octanol–water partition coefficient (Wildman–Crippen LogP) is 2.56. The summed E-state index contributed by atoms with van der Waals surface area (Å²) in [6, 6.07) is 0. The molecule has 0 saturated heterocycles. The van der Waals surface area contributed by atoms with E-state index in [4.69, 9.17) is 0 Å². The molecule has 2 aromatic heterocycles. The Kier molecular flexibility index (Phi) is 4.68. The van der Waals surface area contributed by atoms with Gasteiger partial charge in [-0.3, -0.25) is 0 Å². The van der Waals surface area contributed by atoms with Crippen LogP contribution in [0, 0.1) is 0 Å². The second kappa shape index (κ2) is 6.47. The lowest BCUT2D eigenvalue weighted by Gasteiger charge is -2.21. The van der Waals surface area contributed by atoms with Crippen molar-refractivity contribution < 1.29 is 0 Å². The minimum Gasteiger partial charge on any atom is -0.373 e. The molecule has 0 atom stereocenters. The van der Waals surface area contributed by atoms with E-state index in [0.29, 0.717) is 0 Å². The second-order valence-corrected chi connectivity index (χ2v) is 5.08. The third kappa shape index (κ3) is 3.20. The van der Waals surface area contributed by atoms with Crippen molar-refractivity contribution in [1.82, 2.24) is 15.0 Å². The van der Waals surface area contributed by atoms with E-state index in [2.05, 4.69) is 37.5 Å². The monoisotopic (exact) mass is 277 g/mol. The van der Waals surface area contributed by atoms with Crippen LogP contribution in [-0.2, 0) is 13.0 Å². The minimum absolute atomic E-state index is 0.764. The van der Waals surface area contributed by atoms with Gasteiger partial charge >= 0.3 is 0 Å². The number of aromatic nitrogens is 3. The van der Waals surface area contributed by atoms with Crippen molar-refractivity contribution in [3.8, 4) is 0 Å². The van der Waals surface area contributed by atoms with Gasteiger partial charge in [0, 0.05) is 25.0 Å². The van der Waals surface area contributed by atoms with E-state index in [-0.39, 0.29) is 0 Å². The molecule has 2 aromatic rings. The Labute approximate surface area is 117 Å². The van der Waals surface area contributed by atoms with Crippen LogP contribution in [0.5, 0.6) is 0 Å². The zero-order chi connectivity index (χ0) is 13.7. The van der Waals surface area contributed by atoms with E-state index in [1.807, 2.05) is 19.6 Å². The number of thiazole rings is 1. The molecule has 5 nitrogen and oxygen atoms in total. The molecule has 102 valence electrons. The fourth-order valence-corrected chi connectivity index (χ4v) is 2.61. The molecule has 0 saturated carbocycles. The van der Waals surface area contributed by atoms with Gasteiger partial charge in [-0.25, -0.2) is 15.0 Å². The number of nitrogens with one attached hydrogen (secondary N) is 1.